The number of anilines is 1. The van der Waals surface area contributed by atoms with Gasteiger partial charge < -0.3 is 4.90 Å². The number of rotatable bonds is 4. The summed E-state index contributed by atoms with van der Waals surface area (Å²) in [6, 6.07) is 6.41. The normalized spacial score (nSPS) is 11.8. The fourth-order valence-electron chi connectivity index (χ4n) is 2.31. The second kappa shape index (κ2) is 6.47. The standard InChI is InChI=1S/C16H16F3N5S/c1-10-4-5-13(25-10)12-8-14(16(17,18)19)21-15(20-12)23(2)9-11-6-7-24(3)22-11/h4-8H,9H2,1-3H3. The molecule has 0 aromatic carbocycles. The fourth-order valence-corrected chi connectivity index (χ4v) is 3.14. The molecule has 0 unspecified atom stereocenters. The lowest BCUT2D eigenvalue weighted by molar-refractivity contribution is -0.141. The Kier molecular flexibility index (Phi) is 4.51. The molecule has 0 N–H and O–H groups in total. The maximum atomic E-state index is 13.2. The Balaban J connectivity index is 1.99. The van der Waals surface area contributed by atoms with Gasteiger partial charge in [0.05, 0.1) is 22.8 Å². The molecule has 3 rings (SSSR count). The number of thiophene rings is 1. The molecule has 0 spiro atoms. The fraction of sp³-hybridized carbons (Fsp3) is 0.312. The minimum Gasteiger partial charge on any atom is -0.338 e. The van der Waals surface area contributed by atoms with Gasteiger partial charge in [-0.25, -0.2) is 9.97 Å². The van der Waals surface area contributed by atoms with Crippen LogP contribution < -0.4 is 4.90 Å². The van der Waals surface area contributed by atoms with Crippen LogP contribution in [0.1, 0.15) is 16.3 Å². The average molecular weight is 367 g/mol. The van der Waals surface area contributed by atoms with Gasteiger partial charge in [0, 0.05) is 25.2 Å². The zero-order valence-corrected chi connectivity index (χ0v) is 14.7. The minimum absolute atomic E-state index is 0.0153. The van der Waals surface area contributed by atoms with Crippen molar-refractivity contribution in [2.45, 2.75) is 19.6 Å². The van der Waals surface area contributed by atoms with Gasteiger partial charge in [-0.3, -0.25) is 4.68 Å². The highest BCUT2D eigenvalue weighted by atomic mass is 32.1. The highest BCUT2D eigenvalue weighted by Gasteiger charge is 2.34. The quantitative estimate of drug-likeness (QED) is 0.702. The largest absolute Gasteiger partial charge is 0.433 e. The Bertz CT molecular complexity index is 884. The summed E-state index contributed by atoms with van der Waals surface area (Å²) in [5.41, 5.74) is 0.0363. The summed E-state index contributed by atoms with van der Waals surface area (Å²) in [4.78, 5) is 11.3. The van der Waals surface area contributed by atoms with Gasteiger partial charge in [0.25, 0.3) is 0 Å². The van der Waals surface area contributed by atoms with Crippen molar-refractivity contribution in [2.24, 2.45) is 7.05 Å². The van der Waals surface area contributed by atoms with Crippen LogP contribution in [0.3, 0.4) is 0 Å². The molecular weight excluding hydrogens is 351 g/mol. The molecule has 0 saturated carbocycles. The van der Waals surface area contributed by atoms with Crippen molar-refractivity contribution < 1.29 is 13.2 Å². The van der Waals surface area contributed by atoms with E-state index in [0.717, 1.165) is 16.6 Å². The van der Waals surface area contributed by atoms with E-state index >= 15 is 0 Å². The summed E-state index contributed by atoms with van der Waals surface area (Å²) in [6.45, 7) is 2.21. The van der Waals surface area contributed by atoms with E-state index in [9.17, 15) is 13.2 Å². The Hall–Kier alpha value is -2.42. The van der Waals surface area contributed by atoms with Crippen LogP contribution in [0, 0.1) is 6.92 Å². The molecule has 0 fully saturated rings. The molecule has 0 atom stereocenters. The maximum absolute atomic E-state index is 13.2. The van der Waals surface area contributed by atoms with E-state index < -0.39 is 11.9 Å². The molecule has 0 aliphatic heterocycles. The summed E-state index contributed by atoms with van der Waals surface area (Å²) in [6.07, 6.45) is -2.76. The zero-order valence-electron chi connectivity index (χ0n) is 13.9. The molecular formula is C16H16F3N5S. The molecule has 9 heteroatoms. The molecule has 0 aliphatic carbocycles. The molecule has 0 aliphatic rings. The van der Waals surface area contributed by atoms with Crippen LogP contribution in [0.5, 0.6) is 0 Å². The van der Waals surface area contributed by atoms with Crippen LogP contribution in [0.2, 0.25) is 0 Å². The third-order valence-corrected chi connectivity index (χ3v) is 4.53. The molecule has 5 nitrogen and oxygen atoms in total. The average Bonchev–Trinajstić information content (AvgIpc) is 3.14. The number of aryl methyl sites for hydroxylation is 2. The summed E-state index contributed by atoms with van der Waals surface area (Å²) in [5.74, 6) is 0.0153. The van der Waals surface area contributed by atoms with Crippen LogP contribution in [-0.4, -0.2) is 26.8 Å². The molecule has 25 heavy (non-hydrogen) atoms. The van der Waals surface area contributed by atoms with Gasteiger partial charge in [-0.05, 0) is 31.2 Å². The lowest BCUT2D eigenvalue weighted by Crippen LogP contribution is -2.22. The molecule has 0 amide bonds. The predicted octanol–water partition coefficient (Wildman–Crippen LogP) is 3.90. The number of halogens is 3. The van der Waals surface area contributed by atoms with E-state index in [0.29, 0.717) is 11.4 Å². The van der Waals surface area contributed by atoms with Crippen molar-refractivity contribution >= 4 is 17.3 Å². The molecule has 3 heterocycles. The van der Waals surface area contributed by atoms with Gasteiger partial charge in [0.2, 0.25) is 5.95 Å². The van der Waals surface area contributed by atoms with Gasteiger partial charge in [0.1, 0.15) is 0 Å². The predicted molar refractivity (Wildman–Crippen MR) is 90.4 cm³/mol. The molecule has 0 radical (unpaired) electrons. The van der Waals surface area contributed by atoms with Gasteiger partial charge in [-0.1, -0.05) is 0 Å². The molecule has 3 aromatic heterocycles. The number of alkyl halides is 3. The van der Waals surface area contributed by atoms with Crippen LogP contribution in [-0.2, 0) is 19.8 Å². The summed E-state index contributed by atoms with van der Waals surface area (Å²) in [7, 11) is 3.43. The van der Waals surface area contributed by atoms with Gasteiger partial charge in [0.15, 0.2) is 5.69 Å². The van der Waals surface area contributed by atoms with E-state index in [1.807, 2.05) is 13.0 Å². The smallest absolute Gasteiger partial charge is 0.338 e. The van der Waals surface area contributed by atoms with Crippen molar-refractivity contribution in [2.75, 3.05) is 11.9 Å². The summed E-state index contributed by atoms with van der Waals surface area (Å²) < 4.78 is 41.4. The lowest BCUT2D eigenvalue weighted by atomic mass is 10.2. The topological polar surface area (TPSA) is 46.8 Å². The van der Waals surface area contributed by atoms with Crippen LogP contribution in [0.4, 0.5) is 19.1 Å². The Morgan fingerprint density at radius 3 is 2.52 bits per heavy atom. The monoisotopic (exact) mass is 367 g/mol. The van der Waals surface area contributed by atoms with Gasteiger partial charge in [-0.2, -0.15) is 18.3 Å². The SMILES string of the molecule is Cc1ccc(-c2cc(C(F)(F)F)nc(N(C)Cc3ccn(C)n3)n2)s1. The first-order chi connectivity index (χ1) is 11.7. The first kappa shape index (κ1) is 17.4. The zero-order chi connectivity index (χ0) is 18.2. The summed E-state index contributed by atoms with van der Waals surface area (Å²) in [5, 5.41) is 4.23. The Labute approximate surface area is 146 Å². The molecule has 3 aromatic rings. The number of hydrogen-bond acceptors (Lipinski definition) is 5. The van der Waals surface area contributed by atoms with E-state index in [2.05, 4.69) is 15.1 Å². The van der Waals surface area contributed by atoms with E-state index in [-0.39, 0.29) is 11.6 Å². The number of aromatic nitrogens is 4. The lowest BCUT2D eigenvalue weighted by Gasteiger charge is -2.18. The first-order valence-electron chi connectivity index (χ1n) is 7.45. The molecule has 0 bridgehead atoms. The third kappa shape index (κ3) is 3.98. The van der Waals surface area contributed by atoms with Crippen molar-refractivity contribution in [3.8, 4) is 10.6 Å². The Morgan fingerprint density at radius 2 is 1.96 bits per heavy atom. The van der Waals surface area contributed by atoms with E-state index in [1.54, 1.807) is 42.0 Å². The van der Waals surface area contributed by atoms with Crippen molar-refractivity contribution in [1.82, 2.24) is 19.7 Å². The van der Waals surface area contributed by atoms with Gasteiger partial charge in [-0.15, -0.1) is 11.3 Å². The third-order valence-electron chi connectivity index (χ3n) is 3.51. The van der Waals surface area contributed by atoms with Gasteiger partial charge >= 0.3 is 6.18 Å². The maximum Gasteiger partial charge on any atom is 0.433 e. The second-order valence-electron chi connectivity index (χ2n) is 5.68. The first-order valence-corrected chi connectivity index (χ1v) is 8.27. The van der Waals surface area contributed by atoms with Crippen molar-refractivity contribution in [3.63, 3.8) is 0 Å². The highest BCUT2D eigenvalue weighted by Crippen LogP contribution is 2.33. The van der Waals surface area contributed by atoms with E-state index in [4.69, 9.17) is 0 Å². The summed E-state index contributed by atoms with van der Waals surface area (Å²) >= 11 is 1.40. The molecule has 132 valence electrons. The van der Waals surface area contributed by atoms with Crippen molar-refractivity contribution in [1.29, 1.82) is 0 Å². The number of nitrogens with zero attached hydrogens (tertiary/aromatic N) is 5. The Morgan fingerprint density at radius 1 is 1.20 bits per heavy atom. The van der Waals surface area contributed by atoms with Crippen molar-refractivity contribution in [3.05, 3.63) is 46.7 Å². The highest BCUT2D eigenvalue weighted by molar-refractivity contribution is 7.15. The second-order valence-corrected chi connectivity index (χ2v) is 6.97. The van der Waals surface area contributed by atoms with Crippen LogP contribution in [0.15, 0.2) is 30.5 Å². The number of hydrogen-bond donors (Lipinski definition) is 0. The van der Waals surface area contributed by atoms with Crippen LogP contribution in [0.25, 0.3) is 10.6 Å². The minimum atomic E-state index is -4.54. The van der Waals surface area contributed by atoms with E-state index in [1.165, 1.54) is 11.3 Å². The molecule has 0 saturated heterocycles. The van der Waals surface area contributed by atoms with Crippen LogP contribution >= 0.6 is 11.3 Å².